The van der Waals surface area contributed by atoms with Crippen LogP contribution >= 0.6 is 0 Å². The fourth-order valence-electron chi connectivity index (χ4n) is 1.91. The van der Waals surface area contributed by atoms with Gasteiger partial charge in [0, 0.05) is 18.9 Å². The first kappa shape index (κ1) is 17.4. The number of sulfone groups is 1. The number of rotatable bonds is 7. The van der Waals surface area contributed by atoms with Gasteiger partial charge in [-0.15, -0.1) is 0 Å². The number of benzene rings is 1. The molecule has 0 fully saturated rings. The predicted molar refractivity (Wildman–Crippen MR) is 86.8 cm³/mol. The van der Waals surface area contributed by atoms with Gasteiger partial charge in [-0.05, 0) is 30.9 Å². The number of hydrogen-bond donors (Lipinski definition) is 1. The molecule has 0 saturated carbocycles. The molecule has 0 unspecified atom stereocenters. The van der Waals surface area contributed by atoms with Gasteiger partial charge in [0.05, 0.1) is 5.75 Å². The Morgan fingerprint density at radius 2 is 1.86 bits per heavy atom. The van der Waals surface area contributed by atoms with E-state index in [0.717, 1.165) is 17.6 Å². The largest absolute Gasteiger partial charge is 0.353 e. The standard InChI is InChI=1S/C16H23NO3S/c1-4-14(15-8-6-13(2)7-9-15)12-16(18)17-10-5-11-21(3,19)20/h6-9,12H,4-5,10-11H2,1-3H3,(H,17,18). The molecule has 0 aliphatic rings. The van der Waals surface area contributed by atoms with E-state index in [-0.39, 0.29) is 11.7 Å². The van der Waals surface area contributed by atoms with Crippen LogP contribution in [0.1, 0.15) is 30.9 Å². The average Bonchev–Trinajstić information content (AvgIpc) is 2.41. The Morgan fingerprint density at radius 1 is 1.24 bits per heavy atom. The van der Waals surface area contributed by atoms with Gasteiger partial charge < -0.3 is 5.32 Å². The summed E-state index contributed by atoms with van der Waals surface area (Å²) in [6, 6.07) is 8.04. The van der Waals surface area contributed by atoms with Crippen LogP contribution in [0.25, 0.3) is 5.57 Å². The third kappa shape index (κ3) is 7.09. The Labute approximate surface area is 127 Å². The van der Waals surface area contributed by atoms with Gasteiger partial charge in [0.15, 0.2) is 0 Å². The molecular weight excluding hydrogens is 286 g/mol. The summed E-state index contributed by atoms with van der Waals surface area (Å²) in [6.07, 6.45) is 3.98. The van der Waals surface area contributed by atoms with E-state index in [9.17, 15) is 13.2 Å². The summed E-state index contributed by atoms with van der Waals surface area (Å²) in [5, 5.41) is 2.72. The van der Waals surface area contributed by atoms with Crippen LogP contribution in [-0.2, 0) is 14.6 Å². The number of carbonyl (C=O) groups excluding carboxylic acids is 1. The second-order valence-corrected chi connectivity index (χ2v) is 7.42. The van der Waals surface area contributed by atoms with Crippen molar-refractivity contribution in [3.05, 3.63) is 41.5 Å². The molecule has 0 spiro atoms. The highest BCUT2D eigenvalue weighted by Crippen LogP contribution is 2.18. The van der Waals surface area contributed by atoms with Gasteiger partial charge in [0.2, 0.25) is 5.91 Å². The lowest BCUT2D eigenvalue weighted by molar-refractivity contribution is -0.116. The van der Waals surface area contributed by atoms with Crippen molar-refractivity contribution in [3.63, 3.8) is 0 Å². The number of hydrogen-bond acceptors (Lipinski definition) is 3. The lowest BCUT2D eigenvalue weighted by Gasteiger charge is -2.07. The Morgan fingerprint density at radius 3 is 2.38 bits per heavy atom. The number of amides is 1. The monoisotopic (exact) mass is 309 g/mol. The minimum absolute atomic E-state index is 0.0928. The Kier molecular flexibility index (Phi) is 6.62. The molecule has 1 rings (SSSR count). The van der Waals surface area contributed by atoms with Crippen molar-refractivity contribution in [2.75, 3.05) is 18.6 Å². The third-order valence-electron chi connectivity index (χ3n) is 3.10. The van der Waals surface area contributed by atoms with Crippen LogP contribution in [0.4, 0.5) is 0 Å². The summed E-state index contributed by atoms with van der Waals surface area (Å²) in [4.78, 5) is 11.8. The summed E-state index contributed by atoms with van der Waals surface area (Å²) < 4.78 is 22.0. The van der Waals surface area contributed by atoms with Crippen LogP contribution in [-0.4, -0.2) is 32.9 Å². The van der Waals surface area contributed by atoms with Crippen LogP contribution in [0.2, 0.25) is 0 Å². The van der Waals surface area contributed by atoms with Gasteiger partial charge in [-0.3, -0.25) is 4.79 Å². The lowest BCUT2D eigenvalue weighted by atomic mass is 10.0. The number of nitrogens with one attached hydrogen (secondary N) is 1. The van der Waals surface area contributed by atoms with Gasteiger partial charge in [0.1, 0.15) is 9.84 Å². The summed E-state index contributed by atoms with van der Waals surface area (Å²) in [7, 11) is -2.96. The molecule has 1 aromatic carbocycles. The first-order valence-corrected chi connectivity index (χ1v) is 9.11. The van der Waals surface area contributed by atoms with E-state index in [0.29, 0.717) is 13.0 Å². The molecule has 0 aromatic heterocycles. The van der Waals surface area contributed by atoms with Crippen molar-refractivity contribution in [3.8, 4) is 0 Å². The van der Waals surface area contributed by atoms with Gasteiger partial charge in [-0.1, -0.05) is 36.8 Å². The minimum atomic E-state index is -2.96. The molecular formula is C16H23NO3S. The topological polar surface area (TPSA) is 63.2 Å². The van der Waals surface area contributed by atoms with E-state index in [1.807, 2.05) is 38.1 Å². The van der Waals surface area contributed by atoms with Gasteiger partial charge in [-0.25, -0.2) is 8.42 Å². The molecule has 0 radical (unpaired) electrons. The zero-order chi connectivity index (χ0) is 15.9. The molecule has 0 aliphatic carbocycles. The van der Waals surface area contributed by atoms with E-state index in [1.54, 1.807) is 6.08 Å². The molecule has 0 bridgehead atoms. The number of allylic oxidation sites excluding steroid dienone is 1. The van der Waals surface area contributed by atoms with Gasteiger partial charge in [0.25, 0.3) is 0 Å². The van der Waals surface area contributed by atoms with Crippen molar-refractivity contribution < 1.29 is 13.2 Å². The summed E-state index contributed by atoms with van der Waals surface area (Å²) in [6.45, 7) is 4.39. The van der Waals surface area contributed by atoms with Gasteiger partial charge in [-0.2, -0.15) is 0 Å². The average molecular weight is 309 g/mol. The van der Waals surface area contributed by atoms with Crippen LogP contribution in [0, 0.1) is 6.92 Å². The Hall–Kier alpha value is -1.62. The summed E-state index contributed by atoms with van der Waals surface area (Å²) in [5.41, 5.74) is 3.18. The molecule has 4 nitrogen and oxygen atoms in total. The highest BCUT2D eigenvalue weighted by molar-refractivity contribution is 7.90. The molecule has 1 amide bonds. The van der Waals surface area contributed by atoms with E-state index >= 15 is 0 Å². The molecule has 21 heavy (non-hydrogen) atoms. The highest BCUT2D eigenvalue weighted by Gasteiger charge is 2.05. The maximum atomic E-state index is 11.8. The number of aryl methyl sites for hydroxylation is 1. The second-order valence-electron chi connectivity index (χ2n) is 5.16. The van der Waals surface area contributed by atoms with Crippen molar-refractivity contribution in [1.82, 2.24) is 5.32 Å². The zero-order valence-electron chi connectivity index (χ0n) is 12.8. The van der Waals surface area contributed by atoms with E-state index in [2.05, 4.69) is 5.32 Å². The molecule has 0 heterocycles. The van der Waals surface area contributed by atoms with Crippen molar-refractivity contribution in [1.29, 1.82) is 0 Å². The van der Waals surface area contributed by atoms with Crippen LogP contribution < -0.4 is 5.32 Å². The van der Waals surface area contributed by atoms with Crippen LogP contribution in [0.15, 0.2) is 30.3 Å². The molecule has 5 heteroatoms. The number of carbonyl (C=O) groups is 1. The molecule has 0 saturated heterocycles. The molecule has 1 N–H and O–H groups in total. The zero-order valence-corrected chi connectivity index (χ0v) is 13.7. The smallest absolute Gasteiger partial charge is 0.244 e. The Balaban J connectivity index is 2.58. The summed E-state index contributed by atoms with van der Waals surface area (Å²) in [5.74, 6) is -0.0868. The van der Waals surface area contributed by atoms with E-state index in [4.69, 9.17) is 0 Å². The summed E-state index contributed by atoms with van der Waals surface area (Å²) >= 11 is 0. The Bertz CT molecular complexity index is 601. The maximum absolute atomic E-state index is 11.8. The normalized spacial score (nSPS) is 12.2. The van der Waals surface area contributed by atoms with E-state index < -0.39 is 9.84 Å². The van der Waals surface area contributed by atoms with Crippen LogP contribution in [0.3, 0.4) is 0 Å². The first-order valence-electron chi connectivity index (χ1n) is 7.05. The van der Waals surface area contributed by atoms with Crippen molar-refractivity contribution in [2.45, 2.75) is 26.7 Å². The molecule has 1 aromatic rings. The second kappa shape index (κ2) is 7.98. The third-order valence-corrected chi connectivity index (χ3v) is 4.13. The minimum Gasteiger partial charge on any atom is -0.353 e. The fourth-order valence-corrected chi connectivity index (χ4v) is 2.58. The molecule has 0 aliphatic heterocycles. The molecule has 116 valence electrons. The van der Waals surface area contributed by atoms with Crippen molar-refractivity contribution in [2.24, 2.45) is 0 Å². The maximum Gasteiger partial charge on any atom is 0.244 e. The predicted octanol–water partition coefficient (Wildman–Crippen LogP) is 2.34. The quantitative estimate of drug-likeness (QED) is 0.621. The van der Waals surface area contributed by atoms with Crippen molar-refractivity contribution >= 4 is 21.3 Å². The SMILES string of the molecule is CCC(=CC(=O)NCCCS(C)(=O)=O)c1ccc(C)cc1. The fraction of sp³-hybridized carbons (Fsp3) is 0.438. The lowest BCUT2D eigenvalue weighted by Crippen LogP contribution is -2.24. The molecule has 0 atom stereocenters. The van der Waals surface area contributed by atoms with Gasteiger partial charge >= 0.3 is 0 Å². The van der Waals surface area contributed by atoms with E-state index in [1.165, 1.54) is 11.8 Å². The highest BCUT2D eigenvalue weighted by atomic mass is 32.2. The van der Waals surface area contributed by atoms with Crippen LogP contribution in [0.5, 0.6) is 0 Å². The first-order chi connectivity index (χ1) is 9.81.